The van der Waals surface area contributed by atoms with Crippen LogP contribution in [0.1, 0.15) is 17.8 Å². The minimum Gasteiger partial charge on any atom is -0.394 e. The summed E-state index contributed by atoms with van der Waals surface area (Å²) < 4.78 is 17.6. The summed E-state index contributed by atoms with van der Waals surface area (Å²) >= 11 is 1.46. The van der Waals surface area contributed by atoms with Gasteiger partial charge < -0.3 is 15.4 Å². The van der Waals surface area contributed by atoms with Crippen molar-refractivity contribution < 1.29 is 14.0 Å². The van der Waals surface area contributed by atoms with Gasteiger partial charge in [0.15, 0.2) is 5.82 Å². The zero-order valence-electron chi connectivity index (χ0n) is 9.41. The molecular weight excluding hydrogens is 257 g/mol. The molecule has 3 N–H and O–H groups in total. The second-order valence-corrected chi connectivity index (χ2v) is 4.63. The van der Waals surface area contributed by atoms with Crippen LogP contribution in [-0.2, 0) is 5.75 Å². The van der Waals surface area contributed by atoms with E-state index in [-0.39, 0.29) is 18.3 Å². The van der Waals surface area contributed by atoms with Crippen LogP contribution in [-0.4, -0.2) is 21.9 Å². The lowest BCUT2D eigenvalue weighted by atomic mass is 10.3. The zero-order valence-corrected chi connectivity index (χ0v) is 10.2. The summed E-state index contributed by atoms with van der Waals surface area (Å²) in [5, 5.41) is 12.6. The minimum atomic E-state index is -0.651. The maximum atomic E-state index is 12.7. The number of benzene rings is 1. The van der Waals surface area contributed by atoms with E-state index in [9.17, 15) is 4.39 Å². The Morgan fingerprint density at radius 2 is 2.11 bits per heavy atom. The maximum absolute atomic E-state index is 12.7. The Bertz CT molecular complexity index is 503. The van der Waals surface area contributed by atoms with Crippen LogP contribution in [0.5, 0.6) is 0 Å². The van der Waals surface area contributed by atoms with Crippen LogP contribution in [0.25, 0.3) is 0 Å². The fraction of sp³-hybridized carbons (Fsp3) is 0.273. The van der Waals surface area contributed by atoms with Crippen molar-refractivity contribution in [1.29, 1.82) is 0 Å². The van der Waals surface area contributed by atoms with E-state index in [0.717, 1.165) is 4.90 Å². The Labute approximate surface area is 107 Å². The molecule has 1 aromatic heterocycles. The number of aliphatic hydroxyl groups excluding tert-OH is 1. The molecule has 0 bridgehead atoms. The smallest absolute Gasteiger partial charge is 0.245 e. The molecule has 0 spiro atoms. The molecule has 0 fully saturated rings. The average molecular weight is 269 g/mol. The van der Waals surface area contributed by atoms with Crippen molar-refractivity contribution >= 4 is 11.8 Å². The number of aromatic nitrogens is 2. The van der Waals surface area contributed by atoms with Crippen LogP contribution in [0, 0.1) is 5.82 Å². The van der Waals surface area contributed by atoms with Crippen LogP contribution in [0.4, 0.5) is 4.39 Å². The number of nitrogens with two attached hydrogens (primary N) is 1. The minimum absolute atomic E-state index is 0.215. The Hall–Kier alpha value is -1.44. The molecule has 0 radical (unpaired) electrons. The van der Waals surface area contributed by atoms with E-state index < -0.39 is 6.04 Å². The van der Waals surface area contributed by atoms with Crippen LogP contribution in [0.3, 0.4) is 0 Å². The van der Waals surface area contributed by atoms with Crippen LogP contribution >= 0.6 is 11.8 Å². The summed E-state index contributed by atoms with van der Waals surface area (Å²) in [6.45, 7) is -0.243. The first-order valence-corrected chi connectivity index (χ1v) is 6.25. The van der Waals surface area contributed by atoms with Crippen LogP contribution in [0.2, 0.25) is 0 Å². The lowest BCUT2D eigenvalue weighted by molar-refractivity contribution is 0.236. The summed E-state index contributed by atoms with van der Waals surface area (Å²) in [4.78, 5) is 4.97. The van der Waals surface area contributed by atoms with Gasteiger partial charge in [-0.25, -0.2) is 4.39 Å². The first-order chi connectivity index (χ1) is 8.69. The SMILES string of the molecule is N[C@@H](CO)c1nc(CSc2ccc(F)cc2)no1. The van der Waals surface area contributed by atoms with Crippen LogP contribution < -0.4 is 5.73 Å². The highest BCUT2D eigenvalue weighted by Gasteiger charge is 2.13. The molecule has 0 aliphatic heterocycles. The van der Waals surface area contributed by atoms with Gasteiger partial charge in [0.2, 0.25) is 5.89 Å². The normalized spacial score (nSPS) is 12.6. The van der Waals surface area contributed by atoms with Crippen molar-refractivity contribution in [3.63, 3.8) is 0 Å². The molecule has 0 aliphatic carbocycles. The van der Waals surface area contributed by atoms with Crippen molar-refractivity contribution in [3.05, 3.63) is 41.8 Å². The standard InChI is InChI=1S/C11H12FN3O2S/c12-7-1-3-8(4-2-7)18-6-10-14-11(17-15-10)9(13)5-16/h1-4,9,16H,5-6,13H2/t9-/m0/s1. The molecule has 7 heteroatoms. The Morgan fingerprint density at radius 1 is 1.39 bits per heavy atom. The summed E-state index contributed by atoms with van der Waals surface area (Å²) in [5.74, 6) is 0.929. The van der Waals surface area contributed by atoms with Crippen molar-refractivity contribution in [2.24, 2.45) is 5.73 Å². The van der Waals surface area contributed by atoms with Gasteiger partial charge in [0.05, 0.1) is 12.4 Å². The quantitative estimate of drug-likeness (QED) is 0.800. The lowest BCUT2D eigenvalue weighted by Crippen LogP contribution is -2.14. The lowest BCUT2D eigenvalue weighted by Gasteiger charge is -1.99. The van der Waals surface area contributed by atoms with Crippen molar-refractivity contribution in [1.82, 2.24) is 10.1 Å². The Morgan fingerprint density at radius 3 is 2.78 bits per heavy atom. The molecular formula is C11H12FN3O2S. The predicted octanol–water partition coefficient (Wildman–Crippen LogP) is 1.49. The van der Waals surface area contributed by atoms with Gasteiger partial charge in [-0.15, -0.1) is 11.8 Å². The largest absolute Gasteiger partial charge is 0.394 e. The summed E-state index contributed by atoms with van der Waals surface area (Å²) in [7, 11) is 0. The number of nitrogens with zero attached hydrogens (tertiary/aromatic N) is 2. The molecule has 96 valence electrons. The number of hydrogen-bond acceptors (Lipinski definition) is 6. The van der Waals surface area contributed by atoms with E-state index in [4.69, 9.17) is 15.4 Å². The fourth-order valence-electron chi connectivity index (χ4n) is 1.23. The number of thioether (sulfide) groups is 1. The van der Waals surface area contributed by atoms with Crippen molar-refractivity contribution in [2.45, 2.75) is 16.7 Å². The second kappa shape index (κ2) is 5.94. The van der Waals surface area contributed by atoms with Gasteiger partial charge in [0.25, 0.3) is 0 Å². The first kappa shape index (κ1) is 13.0. The van der Waals surface area contributed by atoms with Gasteiger partial charge in [-0.05, 0) is 24.3 Å². The Kier molecular flexibility index (Phi) is 4.29. The van der Waals surface area contributed by atoms with Gasteiger partial charge in [-0.3, -0.25) is 0 Å². The third kappa shape index (κ3) is 3.28. The number of aliphatic hydroxyl groups is 1. The van der Waals surface area contributed by atoms with E-state index in [1.807, 2.05) is 0 Å². The average Bonchev–Trinajstić information content (AvgIpc) is 2.86. The fourth-order valence-corrected chi connectivity index (χ4v) is 1.98. The number of hydrogen-bond donors (Lipinski definition) is 2. The highest BCUT2D eigenvalue weighted by molar-refractivity contribution is 7.98. The van der Waals surface area contributed by atoms with E-state index in [1.54, 1.807) is 12.1 Å². The molecule has 2 rings (SSSR count). The molecule has 5 nitrogen and oxygen atoms in total. The number of rotatable bonds is 5. The Balaban J connectivity index is 1.94. The van der Waals surface area contributed by atoms with Gasteiger partial charge in [-0.2, -0.15) is 4.98 Å². The first-order valence-electron chi connectivity index (χ1n) is 5.26. The molecule has 0 saturated carbocycles. The molecule has 1 aromatic carbocycles. The third-order valence-corrected chi connectivity index (χ3v) is 3.19. The second-order valence-electron chi connectivity index (χ2n) is 3.58. The van der Waals surface area contributed by atoms with Gasteiger partial charge >= 0.3 is 0 Å². The van der Waals surface area contributed by atoms with Crippen molar-refractivity contribution in [2.75, 3.05) is 6.61 Å². The van der Waals surface area contributed by atoms with Gasteiger partial charge in [0.1, 0.15) is 11.9 Å². The monoisotopic (exact) mass is 269 g/mol. The van der Waals surface area contributed by atoms with Gasteiger partial charge in [0, 0.05) is 4.90 Å². The van der Waals surface area contributed by atoms with Crippen molar-refractivity contribution in [3.8, 4) is 0 Å². The topological polar surface area (TPSA) is 85.2 Å². The van der Waals surface area contributed by atoms with Gasteiger partial charge in [-0.1, -0.05) is 5.16 Å². The maximum Gasteiger partial charge on any atom is 0.245 e. The molecule has 0 amide bonds. The summed E-state index contributed by atoms with van der Waals surface area (Å²) in [5.41, 5.74) is 5.54. The zero-order chi connectivity index (χ0) is 13.0. The number of halogens is 1. The molecule has 0 unspecified atom stereocenters. The molecule has 0 aliphatic rings. The van der Waals surface area contributed by atoms with E-state index >= 15 is 0 Å². The summed E-state index contributed by atoms with van der Waals surface area (Å²) in [6.07, 6.45) is 0. The highest BCUT2D eigenvalue weighted by Crippen LogP contribution is 2.22. The molecule has 18 heavy (non-hydrogen) atoms. The molecule has 2 aromatic rings. The summed E-state index contributed by atoms with van der Waals surface area (Å²) in [6, 6.07) is 5.50. The van der Waals surface area contributed by atoms with E-state index in [2.05, 4.69) is 10.1 Å². The highest BCUT2D eigenvalue weighted by atomic mass is 32.2. The molecule has 0 saturated heterocycles. The van der Waals surface area contributed by atoms with E-state index in [1.165, 1.54) is 23.9 Å². The van der Waals surface area contributed by atoms with Crippen LogP contribution in [0.15, 0.2) is 33.7 Å². The molecule has 1 heterocycles. The third-order valence-electron chi connectivity index (χ3n) is 2.18. The molecule has 1 atom stereocenters. The van der Waals surface area contributed by atoms with E-state index in [0.29, 0.717) is 11.6 Å². The predicted molar refractivity (Wildman–Crippen MR) is 64.3 cm³/mol.